The largest absolute Gasteiger partial charge is 0.462 e. The van der Waals surface area contributed by atoms with Crippen LogP contribution in [0.1, 0.15) is 220 Å². The van der Waals surface area contributed by atoms with Gasteiger partial charge in [-0.3, -0.25) is 9.59 Å². The SMILES string of the molecule is CCC/C=C/C=C/C=C/C=C/C=C/CCCCCC(CC(=O)NC(CO)C(O)CCCCCCCCCCCCC)OC(=O)CCCCCCC/C=C\CCCCC. The Morgan fingerprint density at radius 1 is 0.500 bits per heavy atom. The zero-order valence-electron chi connectivity index (χ0n) is 37.9. The molecule has 0 aromatic heterocycles. The summed E-state index contributed by atoms with van der Waals surface area (Å²) in [6, 6.07) is -0.719. The number of carbonyl (C=O) groups excluding carboxylic acids is 2. The molecule has 1 amide bonds. The van der Waals surface area contributed by atoms with E-state index in [4.69, 9.17) is 4.74 Å². The van der Waals surface area contributed by atoms with Crippen molar-refractivity contribution in [2.75, 3.05) is 6.61 Å². The first-order chi connectivity index (χ1) is 28.5. The quantitative estimate of drug-likeness (QED) is 0.0247. The highest BCUT2D eigenvalue weighted by atomic mass is 16.5. The minimum atomic E-state index is -0.802. The summed E-state index contributed by atoms with van der Waals surface area (Å²) >= 11 is 0. The molecular weight excluding hydrogens is 719 g/mol. The average Bonchev–Trinajstić information content (AvgIpc) is 3.22. The Kier molecular flexibility index (Phi) is 43.3. The van der Waals surface area contributed by atoms with Gasteiger partial charge in [0.15, 0.2) is 0 Å². The zero-order chi connectivity index (χ0) is 42.4. The van der Waals surface area contributed by atoms with E-state index in [0.717, 1.165) is 77.0 Å². The number of unbranched alkanes of at least 4 members (excludes halogenated alkanes) is 22. The predicted molar refractivity (Wildman–Crippen MR) is 250 cm³/mol. The van der Waals surface area contributed by atoms with E-state index in [1.165, 1.54) is 96.3 Å². The molecular formula is C52H91NO5. The maximum Gasteiger partial charge on any atom is 0.306 e. The van der Waals surface area contributed by atoms with E-state index in [-0.39, 0.29) is 24.9 Å². The highest BCUT2D eigenvalue weighted by Gasteiger charge is 2.24. The Morgan fingerprint density at radius 3 is 1.50 bits per heavy atom. The molecule has 0 bridgehead atoms. The molecule has 0 saturated carbocycles. The van der Waals surface area contributed by atoms with Gasteiger partial charge in [-0.25, -0.2) is 0 Å². The molecule has 0 aliphatic carbocycles. The van der Waals surface area contributed by atoms with Gasteiger partial charge in [-0.2, -0.15) is 0 Å². The van der Waals surface area contributed by atoms with E-state index in [2.05, 4.69) is 62.5 Å². The van der Waals surface area contributed by atoms with Crippen LogP contribution in [0.3, 0.4) is 0 Å². The lowest BCUT2D eigenvalue weighted by atomic mass is 10.0. The minimum absolute atomic E-state index is 0.0435. The number of hydrogen-bond donors (Lipinski definition) is 3. The van der Waals surface area contributed by atoms with Gasteiger partial charge in [-0.05, 0) is 70.6 Å². The number of nitrogens with one attached hydrogen (secondary N) is 1. The lowest BCUT2D eigenvalue weighted by Gasteiger charge is -2.24. The molecule has 0 heterocycles. The van der Waals surface area contributed by atoms with E-state index >= 15 is 0 Å². The Bertz CT molecular complexity index is 1090. The van der Waals surface area contributed by atoms with Crippen LogP contribution in [-0.2, 0) is 14.3 Å². The number of ether oxygens (including phenoxy) is 1. The van der Waals surface area contributed by atoms with Gasteiger partial charge in [-0.1, -0.05) is 209 Å². The number of rotatable bonds is 42. The summed E-state index contributed by atoms with van der Waals surface area (Å²) in [5, 5.41) is 23.7. The van der Waals surface area contributed by atoms with Crippen molar-refractivity contribution in [2.45, 2.75) is 238 Å². The lowest BCUT2D eigenvalue weighted by Crippen LogP contribution is -2.46. The Morgan fingerprint density at radius 2 is 0.931 bits per heavy atom. The van der Waals surface area contributed by atoms with Gasteiger partial charge in [-0.15, -0.1) is 0 Å². The van der Waals surface area contributed by atoms with E-state index in [9.17, 15) is 19.8 Å². The molecule has 3 N–H and O–H groups in total. The van der Waals surface area contributed by atoms with Crippen molar-refractivity contribution in [1.82, 2.24) is 5.32 Å². The molecule has 0 spiro atoms. The van der Waals surface area contributed by atoms with Gasteiger partial charge >= 0.3 is 5.97 Å². The van der Waals surface area contributed by atoms with Crippen LogP contribution < -0.4 is 5.32 Å². The normalized spacial score (nSPS) is 13.9. The highest BCUT2D eigenvalue weighted by Crippen LogP contribution is 2.17. The molecule has 6 heteroatoms. The lowest BCUT2D eigenvalue weighted by molar-refractivity contribution is -0.151. The van der Waals surface area contributed by atoms with Crippen LogP contribution >= 0.6 is 0 Å². The first-order valence-corrected chi connectivity index (χ1v) is 24.2. The summed E-state index contributed by atoms with van der Waals surface area (Å²) in [7, 11) is 0. The fraction of sp³-hybridized carbons (Fsp3) is 0.731. The highest BCUT2D eigenvalue weighted by molar-refractivity contribution is 5.77. The van der Waals surface area contributed by atoms with Crippen molar-refractivity contribution in [3.8, 4) is 0 Å². The topological polar surface area (TPSA) is 95.9 Å². The van der Waals surface area contributed by atoms with E-state index in [1.807, 2.05) is 36.5 Å². The molecule has 0 rings (SSSR count). The molecule has 0 aliphatic heterocycles. The van der Waals surface area contributed by atoms with Crippen LogP contribution in [0.15, 0.2) is 72.9 Å². The zero-order valence-corrected chi connectivity index (χ0v) is 37.9. The maximum atomic E-state index is 13.2. The Labute approximate surface area is 358 Å². The smallest absolute Gasteiger partial charge is 0.306 e. The number of aliphatic hydroxyl groups excluding tert-OH is 2. The van der Waals surface area contributed by atoms with Crippen molar-refractivity contribution >= 4 is 11.9 Å². The van der Waals surface area contributed by atoms with E-state index in [1.54, 1.807) is 0 Å². The van der Waals surface area contributed by atoms with E-state index < -0.39 is 18.2 Å². The number of amides is 1. The van der Waals surface area contributed by atoms with Gasteiger partial charge < -0.3 is 20.3 Å². The van der Waals surface area contributed by atoms with Crippen molar-refractivity contribution in [1.29, 1.82) is 0 Å². The van der Waals surface area contributed by atoms with Crippen LogP contribution in [-0.4, -0.2) is 46.9 Å². The third-order valence-corrected chi connectivity index (χ3v) is 10.6. The molecule has 0 aromatic carbocycles. The van der Waals surface area contributed by atoms with Crippen molar-refractivity contribution in [3.63, 3.8) is 0 Å². The average molecular weight is 810 g/mol. The third-order valence-electron chi connectivity index (χ3n) is 10.6. The first kappa shape index (κ1) is 55.3. The molecule has 58 heavy (non-hydrogen) atoms. The summed E-state index contributed by atoms with van der Waals surface area (Å²) in [5.41, 5.74) is 0. The summed E-state index contributed by atoms with van der Waals surface area (Å²) < 4.78 is 5.89. The number of aliphatic hydroxyl groups is 2. The predicted octanol–water partition coefficient (Wildman–Crippen LogP) is 14.2. The molecule has 0 radical (unpaired) electrons. The standard InChI is InChI=1S/C52H91NO5/c1-4-7-10-13-16-19-22-24-25-26-27-29-31-34-37-40-43-48(58-52(57)45-42-39-36-33-30-23-20-17-14-11-8-5-2)46-51(56)53-49(47-54)50(55)44-41-38-35-32-28-21-18-15-12-9-6-3/h10,13,16-17,19-20,22,24-27,29,48-50,54-55H,4-9,11-12,14-15,18,21,23,28,30-47H2,1-3H3,(H,53,56)/b13-10+,19-16+,20-17-,24-22+,26-25+,29-27+. The summed E-state index contributed by atoms with van der Waals surface area (Å²) in [4.78, 5) is 26.0. The number of allylic oxidation sites excluding steroid dienone is 12. The third kappa shape index (κ3) is 40.1. The minimum Gasteiger partial charge on any atom is -0.462 e. The number of esters is 1. The summed E-state index contributed by atoms with van der Waals surface area (Å²) in [6.45, 7) is 6.34. The van der Waals surface area contributed by atoms with Crippen LogP contribution in [0.25, 0.3) is 0 Å². The molecule has 6 nitrogen and oxygen atoms in total. The molecule has 3 atom stereocenters. The first-order valence-electron chi connectivity index (χ1n) is 24.2. The van der Waals surface area contributed by atoms with E-state index in [0.29, 0.717) is 19.3 Å². The number of carbonyl (C=O) groups is 2. The fourth-order valence-electron chi connectivity index (χ4n) is 6.92. The maximum absolute atomic E-state index is 13.2. The van der Waals surface area contributed by atoms with Crippen LogP contribution in [0.5, 0.6) is 0 Å². The van der Waals surface area contributed by atoms with Gasteiger partial charge in [0.1, 0.15) is 6.10 Å². The van der Waals surface area contributed by atoms with Crippen molar-refractivity contribution < 1.29 is 24.5 Å². The van der Waals surface area contributed by atoms with Gasteiger partial charge in [0, 0.05) is 6.42 Å². The molecule has 0 saturated heterocycles. The summed E-state index contributed by atoms with van der Waals surface area (Å²) in [6.07, 6.45) is 56.6. The molecule has 0 fully saturated rings. The second-order valence-corrected chi connectivity index (χ2v) is 16.3. The second kappa shape index (κ2) is 45.4. The van der Waals surface area contributed by atoms with Gasteiger partial charge in [0.05, 0.1) is 25.2 Å². The van der Waals surface area contributed by atoms with Crippen LogP contribution in [0.4, 0.5) is 0 Å². The summed E-state index contributed by atoms with van der Waals surface area (Å²) in [5.74, 6) is -0.531. The molecule has 0 aliphatic rings. The molecule has 0 aromatic rings. The van der Waals surface area contributed by atoms with Crippen molar-refractivity contribution in [2.24, 2.45) is 0 Å². The van der Waals surface area contributed by atoms with Gasteiger partial charge in [0.2, 0.25) is 5.91 Å². The van der Waals surface area contributed by atoms with Crippen molar-refractivity contribution in [3.05, 3.63) is 72.9 Å². The van der Waals surface area contributed by atoms with Crippen LogP contribution in [0.2, 0.25) is 0 Å². The monoisotopic (exact) mass is 810 g/mol. The molecule has 334 valence electrons. The Balaban J connectivity index is 4.73. The van der Waals surface area contributed by atoms with Gasteiger partial charge in [0.25, 0.3) is 0 Å². The molecule has 3 unspecified atom stereocenters. The fourth-order valence-corrected chi connectivity index (χ4v) is 6.92. The Hall–Kier alpha value is -2.70. The second-order valence-electron chi connectivity index (χ2n) is 16.3. The van der Waals surface area contributed by atoms with Crippen LogP contribution in [0, 0.1) is 0 Å². The number of hydrogen-bond acceptors (Lipinski definition) is 5.